The van der Waals surface area contributed by atoms with Gasteiger partial charge in [-0.2, -0.15) is 0 Å². The number of carbonyl (C=O) groups excluding carboxylic acids is 1. The van der Waals surface area contributed by atoms with Gasteiger partial charge in [-0.1, -0.05) is 20.8 Å². The van der Waals surface area contributed by atoms with Crippen molar-refractivity contribution in [1.82, 2.24) is 10.6 Å². The average molecular weight is 186 g/mol. The first-order chi connectivity index (χ1) is 6.11. The van der Waals surface area contributed by atoms with Crippen LogP contribution in [0.15, 0.2) is 0 Å². The van der Waals surface area contributed by atoms with E-state index in [0.717, 1.165) is 6.42 Å². The summed E-state index contributed by atoms with van der Waals surface area (Å²) in [7, 11) is 0. The second-order valence-electron chi connectivity index (χ2n) is 3.59. The van der Waals surface area contributed by atoms with E-state index in [1.807, 2.05) is 6.92 Å². The minimum absolute atomic E-state index is 0.0848. The highest BCUT2D eigenvalue weighted by Gasteiger charge is 2.10. The van der Waals surface area contributed by atoms with E-state index in [4.69, 9.17) is 0 Å². The predicted molar refractivity (Wildman–Crippen MR) is 55.6 cm³/mol. The van der Waals surface area contributed by atoms with Crippen LogP contribution in [0.25, 0.3) is 0 Å². The van der Waals surface area contributed by atoms with Crippen LogP contribution in [0.4, 0.5) is 0 Å². The van der Waals surface area contributed by atoms with E-state index in [9.17, 15) is 4.79 Å². The predicted octanol–water partition coefficient (Wildman–Crippen LogP) is 1.15. The van der Waals surface area contributed by atoms with Gasteiger partial charge < -0.3 is 10.6 Å². The van der Waals surface area contributed by atoms with Crippen molar-refractivity contribution < 1.29 is 4.79 Å². The average Bonchev–Trinajstić information content (AvgIpc) is 2.05. The van der Waals surface area contributed by atoms with Crippen LogP contribution in [-0.2, 0) is 4.79 Å². The quantitative estimate of drug-likeness (QED) is 0.653. The summed E-state index contributed by atoms with van der Waals surface area (Å²) in [5, 5.41) is 6.00. The van der Waals surface area contributed by atoms with Crippen LogP contribution in [0.5, 0.6) is 0 Å². The number of likely N-dealkylation sites (N-methyl/N-ethyl adjacent to an activating group) is 1. The van der Waals surface area contributed by atoms with Crippen molar-refractivity contribution in [1.29, 1.82) is 0 Å². The van der Waals surface area contributed by atoms with Gasteiger partial charge in [0, 0.05) is 12.6 Å². The van der Waals surface area contributed by atoms with Gasteiger partial charge in [0.2, 0.25) is 5.91 Å². The summed E-state index contributed by atoms with van der Waals surface area (Å²) >= 11 is 0. The van der Waals surface area contributed by atoms with Gasteiger partial charge in [0.25, 0.3) is 0 Å². The lowest BCUT2D eigenvalue weighted by Gasteiger charge is -2.20. The van der Waals surface area contributed by atoms with Gasteiger partial charge in [-0.3, -0.25) is 4.79 Å². The number of hydrogen-bond acceptors (Lipinski definition) is 2. The summed E-state index contributed by atoms with van der Waals surface area (Å²) in [6.07, 6.45) is 1.07. The highest BCUT2D eigenvalue weighted by molar-refractivity contribution is 5.77. The molecule has 0 aromatic carbocycles. The van der Waals surface area contributed by atoms with Crippen molar-refractivity contribution in [2.75, 3.05) is 13.1 Å². The second-order valence-corrected chi connectivity index (χ2v) is 3.59. The molecule has 3 heteroatoms. The zero-order chi connectivity index (χ0) is 10.3. The number of hydrogen-bond donors (Lipinski definition) is 2. The summed E-state index contributed by atoms with van der Waals surface area (Å²) in [4.78, 5) is 11.1. The Morgan fingerprint density at radius 2 is 1.92 bits per heavy atom. The molecule has 3 nitrogen and oxygen atoms in total. The molecule has 1 atom stereocenters. The van der Waals surface area contributed by atoms with Crippen LogP contribution in [0.3, 0.4) is 0 Å². The van der Waals surface area contributed by atoms with E-state index >= 15 is 0 Å². The molecule has 0 aliphatic heterocycles. The monoisotopic (exact) mass is 186 g/mol. The van der Waals surface area contributed by atoms with Gasteiger partial charge in [0.15, 0.2) is 0 Å². The zero-order valence-corrected chi connectivity index (χ0v) is 9.18. The van der Waals surface area contributed by atoms with Crippen LogP contribution in [0.1, 0.15) is 34.1 Å². The Morgan fingerprint density at radius 3 is 2.31 bits per heavy atom. The molecule has 1 unspecified atom stereocenters. The first-order valence-corrected chi connectivity index (χ1v) is 5.11. The maximum absolute atomic E-state index is 11.1. The largest absolute Gasteiger partial charge is 0.355 e. The lowest BCUT2D eigenvalue weighted by Crippen LogP contribution is -2.41. The van der Waals surface area contributed by atoms with E-state index in [1.54, 1.807) is 0 Å². The van der Waals surface area contributed by atoms with Crippen molar-refractivity contribution in [3.8, 4) is 0 Å². The first-order valence-electron chi connectivity index (χ1n) is 5.11. The standard InChI is InChI=1S/C10H22N2O/c1-5-9(8(3)4)12-7-10(13)11-6-2/h8-9,12H,5-7H2,1-4H3,(H,11,13). The molecular weight excluding hydrogens is 164 g/mol. The van der Waals surface area contributed by atoms with Crippen molar-refractivity contribution in [2.24, 2.45) is 5.92 Å². The fraction of sp³-hybridized carbons (Fsp3) is 0.900. The van der Waals surface area contributed by atoms with Gasteiger partial charge in [0.1, 0.15) is 0 Å². The van der Waals surface area contributed by atoms with Crippen molar-refractivity contribution >= 4 is 5.91 Å². The molecule has 2 N–H and O–H groups in total. The first kappa shape index (κ1) is 12.4. The molecule has 0 radical (unpaired) electrons. The minimum Gasteiger partial charge on any atom is -0.355 e. The molecule has 1 amide bonds. The molecule has 0 aliphatic rings. The Bertz CT molecular complexity index is 146. The van der Waals surface area contributed by atoms with Crippen molar-refractivity contribution in [3.63, 3.8) is 0 Å². The van der Waals surface area contributed by atoms with Gasteiger partial charge in [-0.25, -0.2) is 0 Å². The van der Waals surface area contributed by atoms with Crippen LogP contribution < -0.4 is 10.6 Å². The topological polar surface area (TPSA) is 41.1 Å². The Hall–Kier alpha value is -0.570. The molecular formula is C10H22N2O. The van der Waals surface area contributed by atoms with Gasteiger partial charge in [-0.15, -0.1) is 0 Å². The van der Waals surface area contributed by atoms with E-state index in [1.165, 1.54) is 0 Å². The maximum Gasteiger partial charge on any atom is 0.233 e. The second kappa shape index (κ2) is 6.89. The van der Waals surface area contributed by atoms with Crippen LogP contribution in [-0.4, -0.2) is 25.0 Å². The molecule has 0 aromatic rings. The molecule has 13 heavy (non-hydrogen) atoms. The number of nitrogens with one attached hydrogen (secondary N) is 2. The Labute approximate surface area is 81.3 Å². The molecule has 0 rings (SSSR count). The molecule has 0 aliphatic carbocycles. The smallest absolute Gasteiger partial charge is 0.233 e. The van der Waals surface area contributed by atoms with Gasteiger partial charge in [-0.05, 0) is 19.3 Å². The minimum atomic E-state index is 0.0848. The fourth-order valence-electron chi connectivity index (χ4n) is 1.33. The summed E-state index contributed by atoms with van der Waals surface area (Å²) in [6.45, 7) is 9.54. The molecule has 0 spiro atoms. The lowest BCUT2D eigenvalue weighted by molar-refractivity contribution is -0.120. The maximum atomic E-state index is 11.1. The van der Waals surface area contributed by atoms with E-state index < -0.39 is 0 Å². The molecule has 0 saturated heterocycles. The van der Waals surface area contributed by atoms with Gasteiger partial charge >= 0.3 is 0 Å². The normalized spacial score (nSPS) is 13.0. The lowest BCUT2D eigenvalue weighted by atomic mass is 10.0. The fourth-order valence-corrected chi connectivity index (χ4v) is 1.33. The summed E-state index contributed by atoms with van der Waals surface area (Å²) in [5.41, 5.74) is 0. The van der Waals surface area contributed by atoms with Crippen molar-refractivity contribution in [3.05, 3.63) is 0 Å². The number of carbonyl (C=O) groups is 1. The zero-order valence-electron chi connectivity index (χ0n) is 9.18. The SMILES string of the molecule is CCNC(=O)CNC(CC)C(C)C. The molecule has 0 heterocycles. The third kappa shape index (κ3) is 5.64. The number of rotatable bonds is 6. The van der Waals surface area contributed by atoms with E-state index in [2.05, 4.69) is 31.4 Å². The van der Waals surface area contributed by atoms with Crippen LogP contribution >= 0.6 is 0 Å². The summed E-state index contributed by atoms with van der Waals surface area (Å²) in [6, 6.07) is 0.447. The molecule has 0 saturated carbocycles. The number of amides is 1. The highest BCUT2D eigenvalue weighted by atomic mass is 16.1. The Balaban J connectivity index is 3.65. The third-order valence-electron chi connectivity index (χ3n) is 2.14. The molecule has 78 valence electrons. The highest BCUT2D eigenvalue weighted by Crippen LogP contribution is 2.04. The molecule has 0 bridgehead atoms. The van der Waals surface area contributed by atoms with E-state index in [-0.39, 0.29) is 5.91 Å². The summed E-state index contributed by atoms with van der Waals surface area (Å²) in [5.74, 6) is 0.668. The van der Waals surface area contributed by atoms with Crippen molar-refractivity contribution in [2.45, 2.75) is 40.2 Å². The van der Waals surface area contributed by atoms with Crippen LogP contribution in [0.2, 0.25) is 0 Å². The van der Waals surface area contributed by atoms with Crippen LogP contribution in [0, 0.1) is 5.92 Å². The Morgan fingerprint density at radius 1 is 1.31 bits per heavy atom. The third-order valence-corrected chi connectivity index (χ3v) is 2.14. The summed E-state index contributed by atoms with van der Waals surface area (Å²) < 4.78 is 0. The molecule has 0 aromatic heterocycles. The van der Waals surface area contributed by atoms with E-state index in [0.29, 0.717) is 25.0 Å². The molecule has 0 fully saturated rings. The van der Waals surface area contributed by atoms with Gasteiger partial charge in [0.05, 0.1) is 6.54 Å². The Kier molecular flexibility index (Phi) is 6.59.